The van der Waals surface area contributed by atoms with Crippen molar-refractivity contribution >= 4 is 27.3 Å². The van der Waals surface area contributed by atoms with Gasteiger partial charge in [-0.25, -0.2) is 8.42 Å². The molecule has 7 nitrogen and oxygen atoms in total. The van der Waals surface area contributed by atoms with E-state index in [0.717, 1.165) is 0 Å². The quantitative estimate of drug-likeness (QED) is 0.562. The summed E-state index contributed by atoms with van der Waals surface area (Å²) >= 11 is 0.662. The van der Waals surface area contributed by atoms with Crippen LogP contribution in [0, 0.1) is 5.92 Å². The summed E-state index contributed by atoms with van der Waals surface area (Å²) in [5, 5.41) is 13.2. The van der Waals surface area contributed by atoms with Crippen molar-refractivity contribution in [2.24, 2.45) is 5.92 Å². The molecule has 31 heavy (non-hydrogen) atoms. The molecule has 4 rings (SSSR count). The molecule has 1 aromatic carbocycles. The number of halogens is 3. The van der Waals surface area contributed by atoms with E-state index in [1.165, 1.54) is 12.1 Å². The number of carbonyl (C=O) groups is 1. The number of nitrogens with zero attached hydrogens (tertiary/aromatic N) is 1. The first kappa shape index (κ1) is 21.5. The molecule has 0 spiro atoms. The van der Waals surface area contributed by atoms with Gasteiger partial charge < -0.3 is 9.63 Å². The van der Waals surface area contributed by atoms with Gasteiger partial charge in [0.25, 0.3) is 10.0 Å². The minimum Gasteiger partial charge on any atom is -0.480 e. The van der Waals surface area contributed by atoms with Crippen molar-refractivity contribution in [3.05, 3.63) is 59.9 Å². The van der Waals surface area contributed by atoms with Crippen LogP contribution in [-0.4, -0.2) is 30.2 Å². The van der Waals surface area contributed by atoms with Crippen molar-refractivity contribution in [2.45, 2.75) is 28.8 Å². The molecule has 0 bridgehead atoms. The molecule has 164 valence electrons. The van der Waals surface area contributed by atoms with Crippen LogP contribution in [0.1, 0.15) is 24.2 Å². The highest BCUT2D eigenvalue weighted by Crippen LogP contribution is 2.58. The average Bonchev–Trinajstić information content (AvgIpc) is 3.13. The second-order valence-electron chi connectivity index (χ2n) is 7.15. The summed E-state index contributed by atoms with van der Waals surface area (Å²) in [5.41, 5.74) is -1.20. The van der Waals surface area contributed by atoms with Crippen molar-refractivity contribution in [3.63, 3.8) is 0 Å². The summed E-state index contributed by atoms with van der Waals surface area (Å²) in [6.07, 6.45) is -4.72. The summed E-state index contributed by atoms with van der Waals surface area (Å²) in [6, 6.07) is 11.8. The molecule has 0 saturated heterocycles. The summed E-state index contributed by atoms with van der Waals surface area (Å²) in [7, 11) is -4.28. The minimum atomic E-state index is -4.72. The van der Waals surface area contributed by atoms with Gasteiger partial charge in [-0.05, 0) is 23.6 Å². The maximum atomic E-state index is 12.9. The minimum absolute atomic E-state index is 0.132. The molecule has 0 radical (unpaired) electrons. The molecule has 1 saturated carbocycles. The Kier molecular flexibility index (Phi) is 4.98. The normalized spacial score (nSPS) is 23.6. The monoisotopic (exact) mass is 472 g/mol. The van der Waals surface area contributed by atoms with E-state index in [1.807, 2.05) is 0 Å². The number of rotatable bonds is 6. The maximum absolute atomic E-state index is 12.9. The molecule has 3 atom stereocenters. The third-order valence-electron chi connectivity index (χ3n) is 5.30. The molecule has 2 aromatic heterocycles. The van der Waals surface area contributed by atoms with Gasteiger partial charge in [0.15, 0.2) is 0 Å². The first-order valence-electron chi connectivity index (χ1n) is 8.93. The fourth-order valence-corrected chi connectivity index (χ4v) is 6.42. The molecule has 3 aromatic rings. The molecule has 2 N–H and O–H groups in total. The van der Waals surface area contributed by atoms with E-state index in [4.69, 9.17) is 0 Å². The summed E-state index contributed by atoms with van der Waals surface area (Å²) in [4.78, 5) is 12.2. The van der Waals surface area contributed by atoms with Gasteiger partial charge in [0.1, 0.15) is 15.4 Å². The molecular weight excluding hydrogens is 457 g/mol. The predicted octanol–water partition coefficient (Wildman–Crippen LogP) is 3.96. The molecule has 12 heteroatoms. The number of nitrogens with one attached hydrogen (secondary N) is 1. The van der Waals surface area contributed by atoms with Crippen molar-refractivity contribution in [1.29, 1.82) is 0 Å². The van der Waals surface area contributed by atoms with Gasteiger partial charge in [-0.3, -0.25) is 4.79 Å². The van der Waals surface area contributed by atoms with Crippen LogP contribution >= 0.6 is 11.3 Å². The van der Waals surface area contributed by atoms with E-state index in [1.54, 1.807) is 37.3 Å². The average molecular weight is 472 g/mol. The number of hydrogen-bond acceptors (Lipinski definition) is 6. The number of alkyl halides is 3. The number of carboxylic acids is 1. The Balaban J connectivity index is 1.62. The van der Waals surface area contributed by atoms with Crippen molar-refractivity contribution in [3.8, 4) is 10.6 Å². The number of aromatic nitrogens is 1. The van der Waals surface area contributed by atoms with Crippen LogP contribution in [0.5, 0.6) is 0 Å². The van der Waals surface area contributed by atoms with Gasteiger partial charge in [-0.1, -0.05) is 42.4 Å². The summed E-state index contributed by atoms with van der Waals surface area (Å²) in [5.74, 6) is -3.68. The maximum Gasteiger partial charge on any atom is 0.452 e. The van der Waals surface area contributed by atoms with E-state index in [0.29, 0.717) is 23.0 Å². The third-order valence-corrected chi connectivity index (χ3v) is 8.39. The topological polar surface area (TPSA) is 110 Å². The van der Waals surface area contributed by atoms with Gasteiger partial charge in [0.2, 0.25) is 5.76 Å². The van der Waals surface area contributed by atoms with Crippen LogP contribution in [0.3, 0.4) is 0 Å². The zero-order chi connectivity index (χ0) is 22.6. The van der Waals surface area contributed by atoms with Crippen LogP contribution in [0.4, 0.5) is 13.2 Å². The number of hydrogen-bond donors (Lipinski definition) is 2. The standard InChI is InChI=1S/C19H15F3N2O5S2/c1-10-16(11-5-3-2-4-6-11)18(10,17(25)26)24-31(27,28)15-8-7-13(30-15)12-9-14(29-23-12)19(20,21)22/h2-10,16,24H,1H3,(H,25,26)/t10?,16-,18-/m1/s1. The lowest BCUT2D eigenvalue weighted by molar-refractivity contribution is -0.155. The van der Waals surface area contributed by atoms with Crippen LogP contribution in [-0.2, 0) is 21.0 Å². The molecule has 1 aliphatic carbocycles. The molecule has 0 aliphatic heterocycles. The second kappa shape index (κ2) is 7.18. The van der Waals surface area contributed by atoms with Crippen LogP contribution in [0.15, 0.2) is 57.3 Å². The Morgan fingerprint density at radius 2 is 1.90 bits per heavy atom. The highest BCUT2D eigenvalue weighted by molar-refractivity contribution is 7.91. The number of carboxylic acid groups (broad SMARTS) is 1. The van der Waals surface area contributed by atoms with Crippen LogP contribution in [0.25, 0.3) is 10.6 Å². The van der Waals surface area contributed by atoms with Crippen LogP contribution in [0.2, 0.25) is 0 Å². The lowest BCUT2D eigenvalue weighted by Crippen LogP contribution is -2.45. The predicted molar refractivity (Wildman–Crippen MR) is 104 cm³/mol. The molecule has 2 heterocycles. The zero-order valence-electron chi connectivity index (χ0n) is 15.8. The Morgan fingerprint density at radius 1 is 1.23 bits per heavy atom. The lowest BCUT2D eigenvalue weighted by atomic mass is 10.1. The Hall–Kier alpha value is -2.70. The largest absolute Gasteiger partial charge is 0.480 e. The Bertz CT molecular complexity index is 1240. The molecule has 0 amide bonds. The number of sulfonamides is 1. The number of thiophene rings is 1. The fraction of sp³-hybridized carbons (Fsp3) is 0.263. The SMILES string of the molecule is CC1[C@H](c2ccccc2)[C@@]1(NS(=O)(=O)c1ccc(-c2cc(C(F)(F)F)on2)s1)C(=O)O. The molecule has 1 fully saturated rings. The smallest absolute Gasteiger partial charge is 0.452 e. The number of aliphatic carboxylic acids is 1. The fourth-order valence-electron chi connectivity index (χ4n) is 3.70. The molecular formula is C19H15F3N2O5S2. The lowest BCUT2D eigenvalue weighted by Gasteiger charge is -2.15. The van der Waals surface area contributed by atoms with Crippen molar-refractivity contribution < 1.29 is 36.0 Å². The van der Waals surface area contributed by atoms with Gasteiger partial charge in [0.05, 0.1) is 4.88 Å². The van der Waals surface area contributed by atoms with Gasteiger partial charge in [0, 0.05) is 12.0 Å². The summed E-state index contributed by atoms with van der Waals surface area (Å²) < 4.78 is 70.3. The highest BCUT2D eigenvalue weighted by Gasteiger charge is 2.70. The zero-order valence-corrected chi connectivity index (χ0v) is 17.4. The first-order valence-corrected chi connectivity index (χ1v) is 11.2. The second-order valence-corrected chi connectivity index (χ2v) is 10.1. The van der Waals surface area contributed by atoms with E-state index in [2.05, 4.69) is 14.4 Å². The van der Waals surface area contributed by atoms with E-state index >= 15 is 0 Å². The van der Waals surface area contributed by atoms with Crippen LogP contribution < -0.4 is 4.72 Å². The highest BCUT2D eigenvalue weighted by atomic mass is 32.2. The first-order chi connectivity index (χ1) is 14.5. The van der Waals surface area contributed by atoms with Gasteiger partial charge >= 0.3 is 12.1 Å². The van der Waals surface area contributed by atoms with E-state index < -0.39 is 45.3 Å². The van der Waals surface area contributed by atoms with Crippen molar-refractivity contribution in [2.75, 3.05) is 0 Å². The van der Waals surface area contributed by atoms with E-state index in [9.17, 15) is 31.5 Å². The molecule has 1 aliphatic rings. The Morgan fingerprint density at radius 3 is 2.48 bits per heavy atom. The summed E-state index contributed by atoms with van der Waals surface area (Å²) in [6.45, 7) is 1.64. The third kappa shape index (κ3) is 3.64. The van der Waals surface area contributed by atoms with E-state index in [-0.39, 0.29) is 14.8 Å². The Labute approximate surface area is 178 Å². The molecule has 1 unspecified atom stereocenters. The van der Waals surface area contributed by atoms with Crippen molar-refractivity contribution in [1.82, 2.24) is 9.88 Å². The van der Waals surface area contributed by atoms with Gasteiger partial charge in [-0.2, -0.15) is 17.9 Å². The van der Waals surface area contributed by atoms with Gasteiger partial charge in [-0.15, -0.1) is 11.3 Å². The number of benzene rings is 1.